The van der Waals surface area contributed by atoms with Gasteiger partial charge in [-0.1, -0.05) is 35.4 Å². The summed E-state index contributed by atoms with van der Waals surface area (Å²) in [4.78, 5) is 13.1. The fourth-order valence-electron chi connectivity index (χ4n) is 4.54. The van der Waals surface area contributed by atoms with Crippen LogP contribution in [0, 0.1) is 0 Å². The minimum atomic E-state index is 0.714. The zero-order valence-corrected chi connectivity index (χ0v) is 24.8. The summed E-state index contributed by atoms with van der Waals surface area (Å²) in [6, 6.07) is 7.88. The van der Waals surface area contributed by atoms with Crippen LogP contribution in [-0.2, 0) is 0 Å². The second-order valence-electron chi connectivity index (χ2n) is 9.96. The van der Waals surface area contributed by atoms with Gasteiger partial charge in [0.1, 0.15) is 0 Å². The Labute approximate surface area is 245 Å². The van der Waals surface area contributed by atoms with E-state index in [-0.39, 0.29) is 0 Å². The van der Waals surface area contributed by atoms with Gasteiger partial charge in [0.2, 0.25) is 0 Å². The Kier molecular flexibility index (Phi) is 13.7. The van der Waals surface area contributed by atoms with Crippen LogP contribution < -0.4 is 10.6 Å². The van der Waals surface area contributed by atoms with E-state index in [0.717, 1.165) is 85.9 Å². The first kappa shape index (κ1) is 31.0. The standard InChI is InChI=1S/C29H40B2Cl2N6/c1-34-16-12-27(23-6-8-24(32)9-7-23)35-14-4-20-38(30)18-2-3-19-39(31)21-5-15-36-28-13-17-37-29-22-25(33)10-11-26(28)29/h6,8-13,16-17,22,35H,1-5,7,14-15,18-21,30-31H2,(H,36,37)/b16-12-,27-23+. The number of nitrogens with zero attached hydrogens (tertiary/aromatic N) is 4. The number of benzene rings is 1. The molecule has 1 aliphatic carbocycles. The minimum Gasteiger partial charge on any atom is -0.385 e. The number of unbranched alkanes of at least 4 members (excludes halogenated alkanes) is 1. The van der Waals surface area contributed by atoms with Crippen LogP contribution in [0.4, 0.5) is 5.69 Å². The van der Waals surface area contributed by atoms with Gasteiger partial charge < -0.3 is 20.3 Å². The zero-order chi connectivity index (χ0) is 27.9. The van der Waals surface area contributed by atoms with Crippen molar-refractivity contribution in [3.63, 3.8) is 0 Å². The van der Waals surface area contributed by atoms with Gasteiger partial charge in [0.15, 0.2) is 16.0 Å². The van der Waals surface area contributed by atoms with Crippen LogP contribution in [0.15, 0.2) is 82.3 Å². The SMILES string of the molecule is BN(CCCCN(B)CCCNc1ccnc2cc(Cl)ccc12)CCCNC(/C=C\N=C)=C1\C=CC(Cl)=CC1. The average Bonchev–Trinajstić information content (AvgIpc) is 2.93. The third-order valence-electron chi connectivity index (χ3n) is 6.75. The number of halogens is 2. The van der Waals surface area contributed by atoms with E-state index in [9.17, 15) is 0 Å². The summed E-state index contributed by atoms with van der Waals surface area (Å²) in [6.45, 7) is 9.77. The Morgan fingerprint density at radius 3 is 2.41 bits per heavy atom. The molecule has 2 N–H and O–H groups in total. The smallest absolute Gasteiger partial charge is 0.185 e. The largest absolute Gasteiger partial charge is 0.385 e. The average molecular weight is 565 g/mol. The van der Waals surface area contributed by atoms with Crippen molar-refractivity contribution in [1.29, 1.82) is 0 Å². The molecule has 6 nitrogen and oxygen atoms in total. The number of aliphatic imine (C=N–C) groups is 1. The molecular formula is C29H40B2Cl2N6. The van der Waals surface area contributed by atoms with Crippen LogP contribution in [0.1, 0.15) is 32.1 Å². The monoisotopic (exact) mass is 564 g/mol. The van der Waals surface area contributed by atoms with Crippen LogP contribution >= 0.6 is 23.2 Å². The fraction of sp³-hybridized carbons (Fsp3) is 0.379. The van der Waals surface area contributed by atoms with Gasteiger partial charge in [-0.05, 0) is 107 Å². The first-order valence-corrected chi connectivity index (χ1v) is 14.5. The second kappa shape index (κ2) is 17.2. The number of allylic oxidation sites excluding steroid dienone is 6. The lowest BCUT2D eigenvalue weighted by Crippen LogP contribution is -2.28. The lowest BCUT2D eigenvalue weighted by molar-refractivity contribution is 0.390. The van der Waals surface area contributed by atoms with Crippen LogP contribution in [0.3, 0.4) is 0 Å². The summed E-state index contributed by atoms with van der Waals surface area (Å²) >= 11 is 12.2. The molecule has 0 fully saturated rings. The van der Waals surface area contributed by atoms with Gasteiger partial charge >= 0.3 is 0 Å². The van der Waals surface area contributed by atoms with Crippen LogP contribution in [-0.4, -0.2) is 76.6 Å². The predicted octanol–water partition coefficient (Wildman–Crippen LogP) is 4.70. The Bertz CT molecular complexity index is 1200. The number of aromatic nitrogens is 1. The maximum absolute atomic E-state index is 6.10. The summed E-state index contributed by atoms with van der Waals surface area (Å²) in [6.07, 6.45) is 17.0. The quantitative estimate of drug-likeness (QED) is 0.166. The maximum atomic E-state index is 6.10. The molecule has 3 rings (SSSR count). The topological polar surface area (TPSA) is 55.8 Å². The Hall–Kier alpha value is -2.51. The minimum absolute atomic E-state index is 0.714. The lowest BCUT2D eigenvalue weighted by Gasteiger charge is -2.20. The molecule has 0 saturated heterocycles. The highest BCUT2D eigenvalue weighted by Crippen LogP contribution is 2.24. The van der Waals surface area contributed by atoms with E-state index in [2.05, 4.69) is 59.0 Å². The van der Waals surface area contributed by atoms with Crippen molar-refractivity contribution < 1.29 is 0 Å². The Morgan fingerprint density at radius 2 is 1.72 bits per heavy atom. The molecule has 0 spiro atoms. The molecule has 0 atom stereocenters. The molecule has 0 saturated carbocycles. The summed E-state index contributed by atoms with van der Waals surface area (Å²) in [5.41, 5.74) is 4.33. The van der Waals surface area contributed by atoms with Crippen molar-refractivity contribution >= 4 is 62.5 Å². The molecule has 0 radical (unpaired) electrons. The van der Waals surface area contributed by atoms with E-state index < -0.39 is 0 Å². The molecule has 0 amide bonds. The lowest BCUT2D eigenvalue weighted by atomic mass is 10.0. The summed E-state index contributed by atoms with van der Waals surface area (Å²) < 4.78 is 0. The number of hydrogen-bond donors (Lipinski definition) is 2. The van der Waals surface area contributed by atoms with Crippen molar-refractivity contribution in [3.05, 3.63) is 82.3 Å². The molecule has 10 heteroatoms. The third-order valence-corrected chi connectivity index (χ3v) is 7.27. The number of anilines is 1. The highest BCUT2D eigenvalue weighted by molar-refractivity contribution is 6.31. The van der Waals surface area contributed by atoms with Gasteiger partial charge in [-0.2, -0.15) is 0 Å². The summed E-state index contributed by atoms with van der Waals surface area (Å²) in [5, 5.41) is 9.73. The first-order valence-electron chi connectivity index (χ1n) is 13.7. The molecular weight excluding hydrogens is 525 g/mol. The molecule has 39 heavy (non-hydrogen) atoms. The fourth-order valence-corrected chi connectivity index (χ4v) is 4.84. The zero-order valence-electron chi connectivity index (χ0n) is 23.3. The molecule has 1 aliphatic rings. The van der Waals surface area contributed by atoms with Gasteiger partial charge in [-0.25, -0.2) is 0 Å². The van der Waals surface area contributed by atoms with E-state index in [1.165, 1.54) is 18.4 Å². The molecule has 0 unspecified atom stereocenters. The van der Waals surface area contributed by atoms with E-state index in [1.54, 1.807) is 6.20 Å². The van der Waals surface area contributed by atoms with Gasteiger partial charge in [0.05, 0.1) is 5.52 Å². The van der Waals surface area contributed by atoms with Crippen LogP contribution in [0.25, 0.3) is 10.9 Å². The van der Waals surface area contributed by atoms with E-state index >= 15 is 0 Å². The molecule has 0 aliphatic heterocycles. The highest BCUT2D eigenvalue weighted by atomic mass is 35.5. The molecule has 206 valence electrons. The molecule has 2 aromatic rings. The number of fused-ring (bicyclic) bond motifs is 1. The summed E-state index contributed by atoms with van der Waals surface area (Å²) in [5.74, 6) is 0. The number of nitrogens with one attached hydrogen (secondary N) is 2. The van der Waals surface area contributed by atoms with Crippen molar-refractivity contribution in [3.8, 4) is 0 Å². The van der Waals surface area contributed by atoms with Crippen molar-refractivity contribution in [2.75, 3.05) is 44.6 Å². The van der Waals surface area contributed by atoms with Crippen LogP contribution in [0.5, 0.6) is 0 Å². The van der Waals surface area contributed by atoms with Gasteiger partial charge in [-0.3, -0.25) is 9.98 Å². The Morgan fingerprint density at radius 1 is 1.00 bits per heavy atom. The third kappa shape index (κ3) is 11.2. The highest BCUT2D eigenvalue weighted by Gasteiger charge is 2.06. The predicted molar refractivity (Wildman–Crippen MR) is 175 cm³/mol. The Balaban J connectivity index is 1.25. The maximum Gasteiger partial charge on any atom is 0.185 e. The van der Waals surface area contributed by atoms with Crippen molar-refractivity contribution in [2.45, 2.75) is 32.1 Å². The van der Waals surface area contributed by atoms with Crippen molar-refractivity contribution in [1.82, 2.24) is 19.9 Å². The number of pyridine rings is 1. The molecule has 1 aromatic heterocycles. The van der Waals surface area contributed by atoms with Gasteiger partial charge in [0, 0.05) is 52.3 Å². The summed E-state index contributed by atoms with van der Waals surface area (Å²) in [7, 11) is 4.43. The number of hydrogen-bond acceptors (Lipinski definition) is 6. The van der Waals surface area contributed by atoms with E-state index in [1.807, 2.05) is 48.7 Å². The van der Waals surface area contributed by atoms with E-state index in [0.29, 0.717) is 5.02 Å². The normalized spacial score (nSPS) is 14.8. The number of rotatable bonds is 17. The van der Waals surface area contributed by atoms with Gasteiger partial charge in [0.25, 0.3) is 0 Å². The first-order chi connectivity index (χ1) is 19.0. The molecule has 1 heterocycles. The molecule has 0 bridgehead atoms. The van der Waals surface area contributed by atoms with Crippen LogP contribution in [0.2, 0.25) is 5.02 Å². The van der Waals surface area contributed by atoms with Gasteiger partial charge in [-0.15, -0.1) is 0 Å². The molecule has 1 aromatic carbocycles. The van der Waals surface area contributed by atoms with E-state index in [4.69, 9.17) is 23.2 Å². The van der Waals surface area contributed by atoms with Crippen molar-refractivity contribution in [2.24, 2.45) is 4.99 Å². The second-order valence-corrected chi connectivity index (χ2v) is 10.8.